The first-order chi connectivity index (χ1) is 13.1. The fourth-order valence-electron chi connectivity index (χ4n) is 2.72. The first-order valence-electron chi connectivity index (χ1n) is 8.84. The van der Waals surface area contributed by atoms with Crippen molar-refractivity contribution < 1.29 is 4.74 Å². The Bertz CT molecular complexity index is 901. The molecule has 0 saturated heterocycles. The highest BCUT2D eigenvalue weighted by Crippen LogP contribution is 2.17. The number of halogens is 1. The van der Waals surface area contributed by atoms with Gasteiger partial charge in [-0.1, -0.05) is 41.9 Å². The minimum atomic E-state index is 0.576. The molecule has 0 aliphatic heterocycles. The van der Waals surface area contributed by atoms with Crippen molar-refractivity contribution in [1.82, 2.24) is 9.97 Å². The van der Waals surface area contributed by atoms with Crippen molar-refractivity contribution in [2.75, 3.05) is 24.3 Å². The van der Waals surface area contributed by atoms with Gasteiger partial charge in [-0.2, -0.15) is 4.98 Å². The number of aromatic nitrogens is 2. The van der Waals surface area contributed by atoms with Crippen LogP contribution < -0.4 is 15.4 Å². The highest BCUT2D eigenvalue weighted by atomic mass is 35.5. The Labute approximate surface area is 164 Å². The maximum Gasteiger partial charge on any atom is 0.225 e. The molecule has 0 spiro atoms. The van der Waals surface area contributed by atoms with Crippen LogP contribution in [0.25, 0.3) is 0 Å². The van der Waals surface area contributed by atoms with E-state index in [2.05, 4.69) is 26.7 Å². The van der Waals surface area contributed by atoms with Crippen LogP contribution in [0.3, 0.4) is 0 Å². The lowest BCUT2D eigenvalue weighted by Gasteiger charge is -2.11. The van der Waals surface area contributed by atoms with Gasteiger partial charge in [0.25, 0.3) is 0 Å². The van der Waals surface area contributed by atoms with Gasteiger partial charge < -0.3 is 15.4 Å². The molecule has 27 heavy (non-hydrogen) atoms. The van der Waals surface area contributed by atoms with E-state index in [9.17, 15) is 0 Å². The summed E-state index contributed by atoms with van der Waals surface area (Å²) in [7, 11) is 1.68. The van der Waals surface area contributed by atoms with Gasteiger partial charge in [0.15, 0.2) is 0 Å². The summed E-state index contributed by atoms with van der Waals surface area (Å²) in [5, 5.41) is 7.34. The zero-order chi connectivity index (χ0) is 19.1. The van der Waals surface area contributed by atoms with Crippen molar-refractivity contribution in [3.05, 3.63) is 76.4 Å². The standard InChI is InChI=1S/C21H23ClN4O/c1-15-12-20(23-11-10-16-6-5-8-18(13-16)27-2)26-21(25-15)24-14-17-7-3-4-9-19(17)22/h3-9,12-13H,10-11,14H2,1-2H3,(H2,23,24,25,26). The summed E-state index contributed by atoms with van der Waals surface area (Å²) in [5.74, 6) is 2.25. The average Bonchev–Trinajstić information content (AvgIpc) is 2.67. The van der Waals surface area contributed by atoms with E-state index in [0.717, 1.165) is 40.8 Å². The van der Waals surface area contributed by atoms with Gasteiger partial charge in [-0.15, -0.1) is 0 Å². The van der Waals surface area contributed by atoms with Crippen molar-refractivity contribution in [1.29, 1.82) is 0 Å². The molecule has 0 saturated carbocycles. The van der Waals surface area contributed by atoms with E-state index in [4.69, 9.17) is 16.3 Å². The molecule has 2 aromatic carbocycles. The molecule has 0 amide bonds. The first-order valence-corrected chi connectivity index (χ1v) is 9.21. The highest BCUT2D eigenvalue weighted by Gasteiger charge is 2.04. The molecule has 3 aromatic rings. The van der Waals surface area contributed by atoms with Crippen LogP contribution in [0.15, 0.2) is 54.6 Å². The molecule has 0 aliphatic rings. The molecule has 1 aromatic heterocycles. The van der Waals surface area contributed by atoms with Crippen LogP contribution in [-0.2, 0) is 13.0 Å². The second-order valence-corrected chi connectivity index (χ2v) is 6.60. The number of ether oxygens (including phenoxy) is 1. The average molecular weight is 383 g/mol. The molecule has 0 unspecified atom stereocenters. The van der Waals surface area contributed by atoms with Gasteiger partial charge in [-0.25, -0.2) is 4.98 Å². The Hall–Kier alpha value is -2.79. The third-order valence-electron chi connectivity index (χ3n) is 4.10. The van der Waals surface area contributed by atoms with Crippen LogP contribution in [0.2, 0.25) is 5.02 Å². The minimum Gasteiger partial charge on any atom is -0.497 e. The van der Waals surface area contributed by atoms with E-state index in [1.807, 2.05) is 55.5 Å². The summed E-state index contributed by atoms with van der Waals surface area (Å²) in [4.78, 5) is 8.99. The van der Waals surface area contributed by atoms with Gasteiger partial charge >= 0.3 is 0 Å². The number of hydrogen-bond acceptors (Lipinski definition) is 5. The lowest BCUT2D eigenvalue weighted by atomic mass is 10.1. The molecule has 0 atom stereocenters. The summed E-state index contributed by atoms with van der Waals surface area (Å²) < 4.78 is 5.26. The van der Waals surface area contributed by atoms with Crippen molar-refractivity contribution in [2.24, 2.45) is 0 Å². The second kappa shape index (κ2) is 9.24. The molecule has 1 heterocycles. The van der Waals surface area contributed by atoms with E-state index in [1.165, 1.54) is 5.56 Å². The molecule has 0 radical (unpaired) electrons. The highest BCUT2D eigenvalue weighted by molar-refractivity contribution is 6.31. The number of nitrogens with zero attached hydrogens (tertiary/aromatic N) is 2. The SMILES string of the molecule is COc1cccc(CCNc2cc(C)nc(NCc3ccccc3Cl)n2)c1. The molecule has 0 aliphatic carbocycles. The summed E-state index contributed by atoms with van der Waals surface area (Å²) in [6.45, 7) is 3.30. The zero-order valence-corrected chi connectivity index (χ0v) is 16.3. The lowest BCUT2D eigenvalue weighted by molar-refractivity contribution is 0.414. The molecular weight excluding hydrogens is 360 g/mol. The minimum absolute atomic E-state index is 0.576. The number of methoxy groups -OCH3 is 1. The molecule has 2 N–H and O–H groups in total. The number of benzene rings is 2. The van der Waals surface area contributed by atoms with E-state index in [-0.39, 0.29) is 0 Å². The van der Waals surface area contributed by atoms with E-state index < -0.39 is 0 Å². The Morgan fingerprint density at radius 3 is 2.67 bits per heavy atom. The van der Waals surface area contributed by atoms with E-state index >= 15 is 0 Å². The fraction of sp³-hybridized carbons (Fsp3) is 0.238. The summed E-state index contributed by atoms with van der Waals surface area (Å²) in [5.41, 5.74) is 3.12. The maximum absolute atomic E-state index is 6.20. The Morgan fingerprint density at radius 2 is 1.85 bits per heavy atom. The molecule has 3 rings (SSSR count). The predicted molar refractivity (Wildman–Crippen MR) is 111 cm³/mol. The molecule has 0 bridgehead atoms. The smallest absolute Gasteiger partial charge is 0.225 e. The summed E-state index contributed by atoms with van der Waals surface area (Å²) in [6.07, 6.45) is 0.878. The number of anilines is 2. The van der Waals surface area contributed by atoms with Crippen molar-refractivity contribution in [3.8, 4) is 5.75 Å². The van der Waals surface area contributed by atoms with Gasteiger partial charge in [-0.05, 0) is 42.7 Å². The predicted octanol–water partition coefficient (Wildman–Crippen LogP) is 4.71. The molecule has 0 fully saturated rings. The fourth-order valence-corrected chi connectivity index (χ4v) is 2.92. The van der Waals surface area contributed by atoms with Gasteiger partial charge in [0.05, 0.1) is 7.11 Å². The molecular formula is C21H23ClN4O. The molecule has 140 valence electrons. The topological polar surface area (TPSA) is 59.1 Å². The monoisotopic (exact) mass is 382 g/mol. The van der Waals surface area contributed by atoms with Crippen LogP contribution >= 0.6 is 11.6 Å². The quantitative estimate of drug-likeness (QED) is 0.590. The van der Waals surface area contributed by atoms with Crippen LogP contribution in [-0.4, -0.2) is 23.6 Å². The van der Waals surface area contributed by atoms with E-state index in [0.29, 0.717) is 12.5 Å². The largest absolute Gasteiger partial charge is 0.497 e. The Morgan fingerprint density at radius 1 is 1.00 bits per heavy atom. The molecule has 5 nitrogen and oxygen atoms in total. The van der Waals surface area contributed by atoms with Gasteiger partial charge in [0.1, 0.15) is 11.6 Å². The van der Waals surface area contributed by atoms with Crippen LogP contribution in [0, 0.1) is 6.92 Å². The Kier molecular flexibility index (Phi) is 6.49. The summed E-state index contributed by atoms with van der Waals surface area (Å²) in [6, 6.07) is 17.8. The summed E-state index contributed by atoms with van der Waals surface area (Å²) >= 11 is 6.20. The maximum atomic E-state index is 6.20. The van der Waals surface area contributed by atoms with E-state index in [1.54, 1.807) is 7.11 Å². The molecule has 6 heteroatoms. The van der Waals surface area contributed by atoms with Crippen molar-refractivity contribution in [3.63, 3.8) is 0 Å². The van der Waals surface area contributed by atoms with Gasteiger partial charge in [-0.3, -0.25) is 0 Å². The third-order valence-corrected chi connectivity index (χ3v) is 4.47. The number of aryl methyl sites for hydroxylation is 1. The normalized spacial score (nSPS) is 10.5. The van der Waals surface area contributed by atoms with Crippen LogP contribution in [0.5, 0.6) is 5.75 Å². The van der Waals surface area contributed by atoms with Crippen LogP contribution in [0.1, 0.15) is 16.8 Å². The number of nitrogens with one attached hydrogen (secondary N) is 2. The zero-order valence-electron chi connectivity index (χ0n) is 15.5. The lowest BCUT2D eigenvalue weighted by Crippen LogP contribution is -2.10. The number of rotatable bonds is 8. The third kappa shape index (κ3) is 5.59. The second-order valence-electron chi connectivity index (χ2n) is 6.19. The van der Waals surface area contributed by atoms with Gasteiger partial charge in [0, 0.05) is 29.9 Å². The van der Waals surface area contributed by atoms with Crippen molar-refractivity contribution in [2.45, 2.75) is 19.9 Å². The first kappa shape index (κ1) is 19.0. The van der Waals surface area contributed by atoms with Crippen molar-refractivity contribution >= 4 is 23.4 Å². The Balaban J connectivity index is 1.58. The number of hydrogen-bond donors (Lipinski definition) is 2. The van der Waals surface area contributed by atoms with Crippen LogP contribution in [0.4, 0.5) is 11.8 Å². The van der Waals surface area contributed by atoms with Gasteiger partial charge in [0.2, 0.25) is 5.95 Å².